The molecule has 0 fully saturated rings. The Bertz CT molecular complexity index is 937. The number of H-pyrrole nitrogens is 1. The number of nitrogens with zero attached hydrogens (tertiary/aromatic N) is 1. The quantitative estimate of drug-likeness (QED) is 0.702. The van der Waals surface area contributed by atoms with E-state index < -0.39 is 0 Å². The molecule has 0 spiro atoms. The molecule has 130 valence electrons. The molecule has 8 heteroatoms. The number of fused-ring (bicyclic) bond motifs is 1. The van der Waals surface area contributed by atoms with Crippen molar-refractivity contribution in [1.82, 2.24) is 14.9 Å². The highest BCUT2D eigenvalue weighted by Gasteiger charge is 2.26. The summed E-state index contributed by atoms with van der Waals surface area (Å²) in [5.41, 5.74) is 2.88. The van der Waals surface area contributed by atoms with E-state index in [1.54, 1.807) is 11.3 Å². The monoisotopic (exact) mass is 391 g/mol. The van der Waals surface area contributed by atoms with Crippen LogP contribution in [-0.4, -0.2) is 27.8 Å². The lowest BCUT2D eigenvalue weighted by molar-refractivity contribution is 0.0953. The number of nitrogens with one attached hydrogen (secondary N) is 2. The minimum atomic E-state index is -0.0550. The lowest BCUT2D eigenvalue weighted by Crippen LogP contribution is -2.27. The normalized spacial score (nSPS) is 13.6. The lowest BCUT2D eigenvalue weighted by Gasteiger charge is -2.13. The molecular weight excluding hydrogens is 374 g/mol. The Labute approximate surface area is 157 Å². The number of amides is 1. The topological polar surface area (TPSA) is 66.9 Å². The minimum Gasteiger partial charge on any atom is -0.352 e. The minimum absolute atomic E-state index is 0.0225. The molecule has 0 atom stereocenters. The molecular formula is C17H17N3O2S3. The summed E-state index contributed by atoms with van der Waals surface area (Å²) in [6, 6.07) is 3.95. The molecule has 1 aliphatic heterocycles. The first-order chi connectivity index (χ1) is 12.2. The summed E-state index contributed by atoms with van der Waals surface area (Å²) in [4.78, 5) is 28.1. The van der Waals surface area contributed by atoms with Crippen LogP contribution in [0.1, 0.15) is 26.5 Å². The first-order valence-electron chi connectivity index (χ1n) is 8.03. The van der Waals surface area contributed by atoms with E-state index >= 15 is 0 Å². The molecule has 0 saturated heterocycles. The van der Waals surface area contributed by atoms with Crippen LogP contribution < -0.4 is 10.2 Å². The van der Waals surface area contributed by atoms with Gasteiger partial charge in [-0.2, -0.15) is 11.8 Å². The first-order valence-corrected chi connectivity index (χ1v) is 10.9. The van der Waals surface area contributed by atoms with Crippen molar-refractivity contribution >= 4 is 40.3 Å². The molecule has 4 heterocycles. The van der Waals surface area contributed by atoms with Crippen LogP contribution in [0.4, 0.5) is 0 Å². The predicted octanol–water partition coefficient (Wildman–Crippen LogP) is 3.05. The molecule has 0 aliphatic carbocycles. The highest BCUT2D eigenvalue weighted by Crippen LogP contribution is 2.38. The van der Waals surface area contributed by atoms with Gasteiger partial charge in [-0.3, -0.25) is 9.59 Å². The van der Waals surface area contributed by atoms with Crippen LogP contribution >= 0.6 is 34.4 Å². The Morgan fingerprint density at radius 1 is 1.32 bits per heavy atom. The second-order valence-electron chi connectivity index (χ2n) is 5.76. The zero-order valence-electron chi connectivity index (χ0n) is 13.4. The van der Waals surface area contributed by atoms with Gasteiger partial charge in [0.25, 0.3) is 5.91 Å². The molecule has 4 rings (SSSR count). The van der Waals surface area contributed by atoms with Crippen molar-refractivity contribution in [3.05, 3.63) is 61.3 Å². The van der Waals surface area contributed by atoms with Gasteiger partial charge in [-0.05, 0) is 29.9 Å². The molecule has 0 unspecified atom stereocenters. The van der Waals surface area contributed by atoms with Gasteiger partial charge in [0.2, 0.25) is 0 Å². The molecule has 0 bridgehead atoms. The van der Waals surface area contributed by atoms with Crippen molar-refractivity contribution in [1.29, 1.82) is 0 Å². The Kier molecular flexibility index (Phi) is 4.82. The average molecular weight is 392 g/mol. The summed E-state index contributed by atoms with van der Waals surface area (Å²) in [5.74, 6) is 2.02. The summed E-state index contributed by atoms with van der Waals surface area (Å²) in [7, 11) is 0. The zero-order valence-corrected chi connectivity index (χ0v) is 15.9. The smallest absolute Gasteiger partial charge is 0.304 e. The van der Waals surface area contributed by atoms with Crippen LogP contribution in [0.5, 0.6) is 0 Å². The Morgan fingerprint density at radius 2 is 2.16 bits per heavy atom. The summed E-state index contributed by atoms with van der Waals surface area (Å²) in [6.07, 6.45) is 5.54. The SMILES string of the molecule is O=C(NCCc1csc(=O)[nH]1)c1c(-n2cccc2)sc2c1CCSC2. The fraction of sp³-hybridized carbons (Fsp3) is 0.294. The maximum atomic E-state index is 12.9. The molecule has 2 N–H and O–H groups in total. The van der Waals surface area contributed by atoms with E-state index in [9.17, 15) is 9.59 Å². The number of aromatic amines is 1. The van der Waals surface area contributed by atoms with Gasteiger partial charge in [0.1, 0.15) is 5.00 Å². The van der Waals surface area contributed by atoms with Gasteiger partial charge >= 0.3 is 4.87 Å². The summed E-state index contributed by atoms with van der Waals surface area (Å²) in [6.45, 7) is 0.510. The van der Waals surface area contributed by atoms with Crippen LogP contribution in [0, 0.1) is 0 Å². The van der Waals surface area contributed by atoms with E-state index in [2.05, 4.69) is 10.3 Å². The number of rotatable bonds is 5. The van der Waals surface area contributed by atoms with Gasteiger partial charge in [-0.1, -0.05) is 11.3 Å². The van der Waals surface area contributed by atoms with Gasteiger partial charge in [0.15, 0.2) is 0 Å². The van der Waals surface area contributed by atoms with E-state index in [0.717, 1.165) is 45.5 Å². The Morgan fingerprint density at radius 3 is 2.92 bits per heavy atom. The maximum absolute atomic E-state index is 12.9. The number of hydrogen-bond acceptors (Lipinski definition) is 5. The Hall–Kier alpha value is -1.77. The highest BCUT2D eigenvalue weighted by molar-refractivity contribution is 7.98. The third-order valence-electron chi connectivity index (χ3n) is 4.12. The van der Waals surface area contributed by atoms with Gasteiger partial charge < -0.3 is 14.9 Å². The van der Waals surface area contributed by atoms with E-state index in [0.29, 0.717) is 13.0 Å². The molecule has 0 aromatic carbocycles. The van der Waals surface area contributed by atoms with Gasteiger partial charge in [0, 0.05) is 47.1 Å². The van der Waals surface area contributed by atoms with Crippen molar-refractivity contribution in [3.63, 3.8) is 0 Å². The second kappa shape index (κ2) is 7.23. The van der Waals surface area contributed by atoms with E-state index in [-0.39, 0.29) is 10.8 Å². The van der Waals surface area contributed by atoms with Crippen LogP contribution in [0.25, 0.3) is 5.00 Å². The molecule has 3 aromatic heterocycles. The number of carbonyl (C=O) groups excluding carboxylic acids is 1. The van der Waals surface area contributed by atoms with Gasteiger partial charge in [-0.15, -0.1) is 11.3 Å². The lowest BCUT2D eigenvalue weighted by atomic mass is 10.1. The van der Waals surface area contributed by atoms with Crippen molar-refractivity contribution < 1.29 is 4.79 Å². The summed E-state index contributed by atoms with van der Waals surface area (Å²) >= 11 is 4.79. The zero-order chi connectivity index (χ0) is 17.2. The largest absolute Gasteiger partial charge is 0.352 e. The van der Waals surface area contributed by atoms with Crippen LogP contribution in [-0.2, 0) is 18.6 Å². The Balaban J connectivity index is 1.56. The van der Waals surface area contributed by atoms with Crippen molar-refractivity contribution in [3.8, 4) is 5.00 Å². The van der Waals surface area contributed by atoms with Crippen LogP contribution in [0.15, 0.2) is 34.7 Å². The molecule has 1 aliphatic rings. The standard InChI is InChI=1S/C17H17N3O2S3/c21-15(18-5-3-11-9-24-17(22)19-11)14-12-4-8-23-10-13(12)25-16(14)20-6-1-2-7-20/h1-2,6-7,9H,3-5,8,10H2,(H,18,21)(H,19,22). The van der Waals surface area contributed by atoms with E-state index in [1.165, 1.54) is 10.4 Å². The fourth-order valence-corrected chi connectivity index (χ4v) is 6.00. The van der Waals surface area contributed by atoms with Crippen molar-refractivity contribution in [2.24, 2.45) is 0 Å². The number of thioether (sulfide) groups is 1. The fourth-order valence-electron chi connectivity index (χ4n) is 2.94. The molecule has 25 heavy (non-hydrogen) atoms. The first kappa shape index (κ1) is 16.7. The van der Waals surface area contributed by atoms with Gasteiger partial charge in [-0.25, -0.2) is 0 Å². The van der Waals surface area contributed by atoms with Crippen molar-refractivity contribution in [2.75, 3.05) is 12.3 Å². The number of hydrogen-bond donors (Lipinski definition) is 2. The number of thiophene rings is 1. The molecule has 1 amide bonds. The maximum Gasteiger partial charge on any atom is 0.304 e. The third-order valence-corrected chi connectivity index (χ3v) is 7.25. The van der Waals surface area contributed by atoms with E-state index in [1.807, 2.05) is 46.2 Å². The van der Waals surface area contributed by atoms with Crippen LogP contribution in [0.3, 0.4) is 0 Å². The third kappa shape index (κ3) is 3.47. The number of carbonyl (C=O) groups is 1. The van der Waals surface area contributed by atoms with E-state index in [4.69, 9.17) is 0 Å². The number of aromatic nitrogens is 2. The molecule has 5 nitrogen and oxygen atoms in total. The second-order valence-corrected chi connectivity index (χ2v) is 8.79. The van der Waals surface area contributed by atoms with Crippen LogP contribution in [0.2, 0.25) is 0 Å². The predicted molar refractivity (Wildman–Crippen MR) is 104 cm³/mol. The molecule has 0 saturated carbocycles. The highest BCUT2D eigenvalue weighted by atomic mass is 32.2. The molecule has 0 radical (unpaired) electrons. The van der Waals surface area contributed by atoms with Crippen molar-refractivity contribution in [2.45, 2.75) is 18.6 Å². The average Bonchev–Trinajstić information content (AvgIpc) is 3.33. The van der Waals surface area contributed by atoms with Gasteiger partial charge in [0.05, 0.1) is 5.56 Å². The number of thiazole rings is 1. The summed E-state index contributed by atoms with van der Waals surface area (Å²) < 4.78 is 2.03. The molecule has 3 aromatic rings. The summed E-state index contributed by atoms with van der Waals surface area (Å²) in [5, 5.41) is 5.83.